The van der Waals surface area contributed by atoms with Gasteiger partial charge >= 0.3 is 0 Å². The normalized spacial score (nSPS) is 11.6. The van der Waals surface area contributed by atoms with E-state index in [1.807, 2.05) is 56.7 Å². The lowest BCUT2D eigenvalue weighted by molar-refractivity contribution is 0.608. The summed E-state index contributed by atoms with van der Waals surface area (Å²) < 4.78 is 0. The van der Waals surface area contributed by atoms with Gasteiger partial charge in [-0.25, -0.2) is 0 Å². The van der Waals surface area contributed by atoms with Crippen molar-refractivity contribution in [1.29, 1.82) is 0 Å². The number of hydrogen-bond acceptors (Lipinski definition) is 5. The predicted octanol–water partition coefficient (Wildman–Crippen LogP) is 14.5. The van der Waals surface area contributed by atoms with Crippen molar-refractivity contribution >= 4 is 56.7 Å². The van der Waals surface area contributed by atoms with Crippen LogP contribution < -0.4 is 0 Å². The minimum Gasteiger partial charge on any atom is -0.143 e. The summed E-state index contributed by atoms with van der Waals surface area (Å²) in [5, 5.41) is 4.57. The molecule has 0 N–H and O–H groups in total. The molecule has 0 aliphatic carbocycles. The molecule has 0 amide bonds. The first-order valence-electron chi connectivity index (χ1n) is 15.7. The van der Waals surface area contributed by atoms with Gasteiger partial charge in [0, 0.05) is 39.0 Å². The first-order chi connectivity index (χ1) is 20.3. The van der Waals surface area contributed by atoms with Gasteiger partial charge in [0.2, 0.25) is 0 Å². The minimum absolute atomic E-state index is 1.22. The van der Waals surface area contributed by atoms with Crippen LogP contribution in [-0.2, 0) is 12.8 Å². The molecule has 0 nitrogen and oxygen atoms in total. The number of thiophene rings is 5. The molecule has 0 aromatic carbocycles. The van der Waals surface area contributed by atoms with E-state index in [0.29, 0.717) is 0 Å². The number of hydrogen-bond donors (Lipinski definition) is 0. The van der Waals surface area contributed by atoms with E-state index in [1.54, 1.807) is 11.1 Å². The Morgan fingerprint density at radius 1 is 0.390 bits per heavy atom. The minimum atomic E-state index is 1.22. The van der Waals surface area contributed by atoms with Crippen LogP contribution in [0.2, 0.25) is 0 Å². The van der Waals surface area contributed by atoms with Gasteiger partial charge in [-0.3, -0.25) is 0 Å². The van der Waals surface area contributed by atoms with Crippen LogP contribution in [0, 0.1) is 0 Å². The molecule has 0 radical (unpaired) electrons. The molecule has 0 fully saturated rings. The zero-order chi connectivity index (χ0) is 28.3. The van der Waals surface area contributed by atoms with Crippen molar-refractivity contribution in [2.45, 2.75) is 104 Å². The summed E-state index contributed by atoms with van der Waals surface area (Å²) in [6.45, 7) is 4.58. The molecule has 0 saturated heterocycles. The van der Waals surface area contributed by atoms with Gasteiger partial charge < -0.3 is 0 Å². The number of aryl methyl sites for hydroxylation is 2. The third-order valence-electron chi connectivity index (χ3n) is 7.84. The molecule has 5 heteroatoms. The van der Waals surface area contributed by atoms with Gasteiger partial charge in [0.1, 0.15) is 0 Å². The van der Waals surface area contributed by atoms with E-state index in [0.717, 1.165) is 0 Å². The van der Waals surface area contributed by atoms with Crippen LogP contribution in [0.25, 0.3) is 39.0 Å². The van der Waals surface area contributed by atoms with Crippen molar-refractivity contribution in [3.05, 3.63) is 70.4 Å². The van der Waals surface area contributed by atoms with Gasteiger partial charge in [0.05, 0.1) is 0 Å². The lowest BCUT2D eigenvalue weighted by Crippen LogP contribution is -1.86. The maximum Gasteiger partial charge on any atom is 0.0474 e. The van der Waals surface area contributed by atoms with Crippen molar-refractivity contribution in [2.75, 3.05) is 0 Å². The van der Waals surface area contributed by atoms with Crippen LogP contribution in [0.5, 0.6) is 0 Å². The molecule has 0 saturated carbocycles. The SMILES string of the molecule is CCCCCCCCc1ccsc1-c1ccc(-c2ccc(-c3ccc(-c4sccc4CCCCCCCC)s3)s2)s1. The maximum absolute atomic E-state index is 2.36. The molecule has 0 spiro atoms. The summed E-state index contributed by atoms with van der Waals surface area (Å²) in [6.07, 6.45) is 18.8. The van der Waals surface area contributed by atoms with E-state index in [9.17, 15) is 0 Å². The molecule has 5 heterocycles. The smallest absolute Gasteiger partial charge is 0.0474 e. The topological polar surface area (TPSA) is 0 Å². The first kappa shape index (κ1) is 30.9. The highest BCUT2D eigenvalue weighted by atomic mass is 32.1. The summed E-state index contributed by atoms with van der Waals surface area (Å²) in [7, 11) is 0. The monoisotopic (exact) mass is 636 g/mol. The fraction of sp³-hybridized carbons (Fsp3) is 0.444. The van der Waals surface area contributed by atoms with E-state index >= 15 is 0 Å². The van der Waals surface area contributed by atoms with Crippen molar-refractivity contribution in [3.63, 3.8) is 0 Å². The van der Waals surface area contributed by atoms with Crippen molar-refractivity contribution < 1.29 is 0 Å². The Morgan fingerprint density at radius 3 is 1.15 bits per heavy atom. The molecule has 5 aromatic heterocycles. The number of rotatable bonds is 18. The van der Waals surface area contributed by atoms with E-state index in [2.05, 4.69) is 73.1 Å². The zero-order valence-electron chi connectivity index (χ0n) is 24.7. The lowest BCUT2D eigenvalue weighted by Gasteiger charge is -2.03. The Balaban J connectivity index is 1.19. The van der Waals surface area contributed by atoms with Crippen molar-refractivity contribution in [2.24, 2.45) is 0 Å². The average Bonchev–Trinajstić information content (AvgIpc) is 3.81. The Labute approximate surface area is 268 Å². The quantitative estimate of drug-likeness (QED) is 0.0839. The molecular weight excluding hydrogens is 593 g/mol. The van der Waals surface area contributed by atoms with Gasteiger partial charge in [-0.05, 0) is 96.1 Å². The second-order valence-corrected chi connectivity index (χ2v) is 16.2. The van der Waals surface area contributed by atoms with Crippen molar-refractivity contribution in [1.82, 2.24) is 0 Å². The summed E-state index contributed by atoms with van der Waals surface area (Å²) in [4.78, 5) is 11.4. The molecule has 218 valence electrons. The second kappa shape index (κ2) is 16.4. The van der Waals surface area contributed by atoms with Gasteiger partial charge in [-0.1, -0.05) is 78.1 Å². The van der Waals surface area contributed by atoms with Gasteiger partial charge in [-0.15, -0.1) is 56.7 Å². The van der Waals surface area contributed by atoms with Gasteiger partial charge in [0.25, 0.3) is 0 Å². The molecule has 0 bridgehead atoms. The molecule has 41 heavy (non-hydrogen) atoms. The Bertz CT molecular complexity index is 1330. The van der Waals surface area contributed by atoms with Crippen LogP contribution >= 0.6 is 56.7 Å². The third-order valence-corrected chi connectivity index (χ3v) is 13.8. The van der Waals surface area contributed by atoms with Crippen LogP contribution in [0.15, 0.2) is 59.3 Å². The lowest BCUT2D eigenvalue weighted by atomic mass is 10.1. The molecule has 0 aliphatic heterocycles. The maximum atomic E-state index is 2.36. The molecule has 0 atom stereocenters. The molecule has 5 rings (SSSR count). The summed E-state index contributed by atoms with van der Waals surface area (Å²) in [5.74, 6) is 0. The van der Waals surface area contributed by atoms with Crippen LogP contribution in [-0.4, -0.2) is 0 Å². The predicted molar refractivity (Wildman–Crippen MR) is 192 cm³/mol. The summed E-state index contributed by atoms with van der Waals surface area (Å²) in [6, 6.07) is 18.7. The van der Waals surface area contributed by atoms with E-state index in [4.69, 9.17) is 0 Å². The van der Waals surface area contributed by atoms with E-state index < -0.39 is 0 Å². The van der Waals surface area contributed by atoms with Crippen LogP contribution in [0.1, 0.15) is 102 Å². The van der Waals surface area contributed by atoms with E-state index in [1.165, 1.54) is 129 Å². The highest BCUT2D eigenvalue weighted by molar-refractivity contribution is 7.29. The second-order valence-electron chi connectivity index (χ2n) is 11.1. The molecule has 5 aromatic rings. The molecule has 0 aliphatic rings. The summed E-state index contributed by atoms with van der Waals surface area (Å²) in [5.41, 5.74) is 3.09. The highest BCUT2D eigenvalue weighted by Gasteiger charge is 2.15. The fourth-order valence-electron chi connectivity index (χ4n) is 5.48. The summed E-state index contributed by atoms with van der Waals surface area (Å²) >= 11 is 9.69. The van der Waals surface area contributed by atoms with E-state index in [-0.39, 0.29) is 0 Å². The Hall–Kier alpha value is -1.50. The molecular formula is C36H44S5. The average molecular weight is 637 g/mol. The Kier molecular flexibility index (Phi) is 12.4. The van der Waals surface area contributed by atoms with Crippen LogP contribution in [0.3, 0.4) is 0 Å². The Morgan fingerprint density at radius 2 is 0.732 bits per heavy atom. The van der Waals surface area contributed by atoms with Crippen molar-refractivity contribution in [3.8, 4) is 39.0 Å². The molecule has 0 unspecified atom stereocenters. The highest BCUT2D eigenvalue weighted by Crippen LogP contribution is 2.45. The first-order valence-corrected chi connectivity index (χ1v) is 19.9. The number of unbranched alkanes of at least 4 members (excludes halogenated alkanes) is 10. The largest absolute Gasteiger partial charge is 0.143 e. The van der Waals surface area contributed by atoms with Gasteiger partial charge in [0.15, 0.2) is 0 Å². The van der Waals surface area contributed by atoms with Crippen LogP contribution in [0.4, 0.5) is 0 Å². The standard InChI is InChI=1S/C36H44S5/c1-3-5-7-9-11-13-15-27-23-25-37-35(27)33-21-19-31(40-33)29-17-18-30(39-29)32-20-22-34(41-32)36-28(24-26-38-36)16-14-12-10-8-6-4-2/h17-26H,3-16H2,1-2H3. The fourth-order valence-corrected chi connectivity index (χ4v) is 10.9. The zero-order valence-corrected chi connectivity index (χ0v) is 28.8. The van der Waals surface area contributed by atoms with Gasteiger partial charge in [-0.2, -0.15) is 0 Å². The third kappa shape index (κ3) is 8.54.